The summed E-state index contributed by atoms with van der Waals surface area (Å²) < 4.78 is 0. The van der Waals surface area contributed by atoms with Crippen molar-refractivity contribution in [2.45, 2.75) is 123 Å². The zero-order chi connectivity index (χ0) is 15.1. The van der Waals surface area contributed by atoms with Crippen molar-refractivity contribution in [2.75, 3.05) is 0 Å². The largest absolute Gasteiger partial charge is 0.325 e. The maximum absolute atomic E-state index is 6.33. The van der Waals surface area contributed by atoms with E-state index in [1.54, 1.807) is 0 Å². The number of hydrogen-bond donors (Lipinski definition) is 1. The van der Waals surface area contributed by atoms with Gasteiger partial charge in [-0.15, -0.1) is 12.4 Å². The molecule has 0 heterocycles. The van der Waals surface area contributed by atoms with Gasteiger partial charge in [0.05, 0.1) is 0 Å². The van der Waals surface area contributed by atoms with E-state index in [4.69, 9.17) is 5.73 Å². The number of unbranched alkanes of at least 4 members (excludes halogenated alkanes) is 11. The topological polar surface area (TPSA) is 26.0 Å². The van der Waals surface area contributed by atoms with Crippen molar-refractivity contribution in [2.24, 2.45) is 5.73 Å². The molecule has 0 aromatic rings. The second-order valence-corrected chi connectivity index (χ2v) is 6.71. The Hall–Kier alpha value is 0.250. The van der Waals surface area contributed by atoms with Gasteiger partial charge in [-0.25, -0.2) is 0 Å². The summed E-state index contributed by atoms with van der Waals surface area (Å²) in [6.07, 6.45) is 20.6. The number of halogens is 1. The second-order valence-electron chi connectivity index (χ2n) is 6.71. The molecule has 1 nitrogen and oxygen atoms in total. The normalized spacial score (nSPS) is 11.4. The van der Waals surface area contributed by atoms with Crippen LogP contribution in [0.5, 0.6) is 0 Å². The standard InChI is InChI=1S/C19H41N.ClH/c1-4-7-8-9-10-11-12-13-14-15-16-17-18-19(20,5-2)6-3;/h4-18,20H2,1-3H3;1H. The zero-order valence-corrected chi connectivity index (χ0v) is 15.9. The Bertz CT molecular complexity index is 190. The quantitative estimate of drug-likeness (QED) is 0.322. The Labute approximate surface area is 141 Å². The van der Waals surface area contributed by atoms with Gasteiger partial charge in [-0.1, -0.05) is 97.8 Å². The molecule has 2 N–H and O–H groups in total. The first-order chi connectivity index (χ1) is 9.68. The van der Waals surface area contributed by atoms with Crippen LogP contribution in [0.4, 0.5) is 0 Å². The molecule has 0 radical (unpaired) electrons. The molecule has 0 spiro atoms. The van der Waals surface area contributed by atoms with Crippen LogP contribution in [0.2, 0.25) is 0 Å². The summed E-state index contributed by atoms with van der Waals surface area (Å²) in [5.41, 5.74) is 6.45. The molecule has 0 fully saturated rings. The summed E-state index contributed by atoms with van der Waals surface area (Å²) in [6, 6.07) is 0. The van der Waals surface area contributed by atoms with Crippen LogP contribution in [-0.4, -0.2) is 5.54 Å². The van der Waals surface area contributed by atoms with Gasteiger partial charge in [0.15, 0.2) is 0 Å². The fourth-order valence-corrected chi connectivity index (χ4v) is 2.92. The average molecular weight is 320 g/mol. The molecule has 0 aliphatic heterocycles. The van der Waals surface area contributed by atoms with Crippen LogP contribution in [-0.2, 0) is 0 Å². The Morgan fingerprint density at radius 2 is 0.905 bits per heavy atom. The molecule has 21 heavy (non-hydrogen) atoms. The highest BCUT2D eigenvalue weighted by atomic mass is 35.5. The van der Waals surface area contributed by atoms with E-state index in [9.17, 15) is 0 Å². The minimum atomic E-state index is 0. The van der Waals surface area contributed by atoms with E-state index >= 15 is 0 Å². The second kappa shape index (κ2) is 16.6. The molecule has 0 saturated heterocycles. The molecule has 0 aliphatic carbocycles. The molecular weight excluding hydrogens is 278 g/mol. The molecule has 0 atom stereocenters. The van der Waals surface area contributed by atoms with Gasteiger partial charge in [0.25, 0.3) is 0 Å². The molecule has 130 valence electrons. The molecule has 0 aromatic carbocycles. The molecule has 0 aromatic heterocycles. The van der Waals surface area contributed by atoms with E-state index in [0.717, 1.165) is 12.8 Å². The minimum Gasteiger partial charge on any atom is -0.325 e. The maximum Gasteiger partial charge on any atom is 0.0149 e. The van der Waals surface area contributed by atoms with Gasteiger partial charge in [0.2, 0.25) is 0 Å². The van der Waals surface area contributed by atoms with E-state index in [-0.39, 0.29) is 17.9 Å². The number of nitrogens with two attached hydrogens (primary N) is 1. The van der Waals surface area contributed by atoms with Crippen LogP contribution in [0.25, 0.3) is 0 Å². The molecule has 0 amide bonds. The fourth-order valence-electron chi connectivity index (χ4n) is 2.92. The highest BCUT2D eigenvalue weighted by Crippen LogP contribution is 2.20. The van der Waals surface area contributed by atoms with Gasteiger partial charge in [-0.2, -0.15) is 0 Å². The SMILES string of the molecule is CCCCCCCCCCCCCCC(N)(CC)CC.Cl. The van der Waals surface area contributed by atoms with Gasteiger partial charge < -0.3 is 5.73 Å². The first-order valence-corrected chi connectivity index (χ1v) is 9.47. The van der Waals surface area contributed by atoms with Crippen molar-refractivity contribution in [3.05, 3.63) is 0 Å². The predicted molar refractivity (Wildman–Crippen MR) is 100 cm³/mol. The third-order valence-corrected chi connectivity index (χ3v) is 4.94. The van der Waals surface area contributed by atoms with Crippen LogP contribution in [0, 0.1) is 0 Å². The van der Waals surface area contributed by atoms with E-state index in [2.05, 4.69) is 20.8 Å². The van der Waals surface area contributed by atoms with Crippen LogP contribution in [0.1, 0.15) is 117 Å². The van der Waals surface area contributed by atoms with Gasteiger partial charge in [0, 0.05) is 5.54 Å². The molecule has 2 heteroatoms. The summed E-state index contributed by atoms with van der Waals surface area (Å²) in [5.74, 6) is 0. The van der Waals surface area contributed by atoms with Crippen molar-refractivity contribution in [1.82, 2.24) is 0 Å². The lowest BCUT2D eigenvalue weighted by Gasteiger charge is -2.26. The van der Waals surface area contributed by atoms with Crippen LogP contribution >= 0.6 is 12.4 Å². The smallest absolute Gasteiger partial charge is 0.0149 e. The lowest BCUT2D eigenvalue weighted by molar-refractivity contribution is 0.350. The van der Waals surface area contributed by atoms with E-state index < -0.39 is 0 Å². The Morgan fingerprint density at radius 3 is 1.24 bits per heavy atom. The first kappa shape index (κ1) is 23.5. The fraction of sp³-hybridized carbons (Fsp3) is 1.00. The molecule has 0 unspecified atom stereocenters. The average Bonchev–Trinajstić information content (AvgIpc) is 2.48. The lowest BCUT2D eigenvalue weighted by Crippen LogP contribution is -2.38. The van der Waals surface area contributed by atoms with Crippen molar-refractivity contribution < 1.29 is 0 Å². The summed E-state index contributed by atoms with van der Waals surface area (Å²) in [6.45, 7) is 6.74. The zero-order valence-electron chi connectivity index (χ0n) is 15.1. The van der Waals surface area contributed by atoms with Crippen molar-refractivity contribution in [3.63, 3.8) is 0 Å². The number of hydrogen-bond acceptors (Lipinski definition) is 1. The van der Waals surface area contributed by atoms with Gasteiger partial charge in [-0.3, -0.25) is 0 Å². The van der Waals surface area contributed by atoms with Crippen molar-refractivity contribution >= 4 is 12.4 Å². The molecule has 0 bridgehead atoms. The van der Waals surface area contributed by atoms with E-state index in [1.165, 1.54) is 83.5 Å². The molecule has 0 rings (SSSR count). The third kappa shape index (κ3) is 14.9. The van der Waals surface area contributed by atoms with E-state index in [1.807, 2.05) is 0 Å². The Kier molecular flexibility index (Phi) is 18.6. The van der Waals surface area contributed by atoms with Crippen LogP contribution in [0.3, 0.4) is 0 Å². The van der Waals surface area contributed by atoms with Crippen LogP contribution < -0.4 is 5.73 Å². The number of rotatable bonds is 15. The lowest BCUT2D eigenvalue weighted by atomic mass is 9.88. The summed E-state index contributed by atoms with van der Waals surface area (Å²) in [5, 5.41) is 0. The van der Waals surface area contributed by atoms with Crippen molar-refractivity contribution in [1.29, 1.82) is 0 Å². The van der Waals surface area contributed by atoms with Gasteiger partial charge in [0.1, 0.15) is 0 Å². The maximum atomic E-state index is 6.33. The van der Waals surface area contributed by atoms with Gasteiger partial charge in [-0.05, 0) is 19.3 Å². The summed E-state index contributed by atoms with van der Waals surface area (Å²) >= 11 is 0. The highest BCUT2D eigenvalue weighted by molar-refractivity contribution is 5.85. The van der Waals surface area contributed by atoms with Crippen LogP contribution in [0.15, 0.2) is 0 Å². The Morgan fingerprint density at radius 1 is 0.571 bits per heavy atom. The summed E-state index contributed by atoms with van der Waals surface area (Å²) in [7, 11) is 0. The molecular formula is C19H42ClN. The van der Waals surface area contributed by atoms with E-state index in [0.29, 0.717) is 0 Å². The molecule has 0 aliphatic rings. The predicted octanol–water partition coefficient (Wildman–Crippen LogP) is 7.02. The Balaban J connectivity index is 0. The third-order valence-electron chi connectivity index (χ3n) is 4.94. The molecule has 0 saturated carbocycles. The first-order valence-electron chi connectivity index (χ1n) is 9.47. The highest BCUT2D eigenvalue weighted by Gasteiger charge is 2.18. The van der Waals surface area contributed by atoms with Gasteiger partial charge >= 0.3 is 0 Å². The summed E-state index contributed by atoms with van der Waals surface area (Å²) in [4.78, 5) is 0. The van der Waals surface area contributed by atoms with Crippen molar-refractivity contribution in [3.8, 4) is 0 Å². The monoisotopic (exact) mass is 319 g/mol. The minimum absolute atomic E-state index is 0.